The van der Waals surface area contributed by atoms with Gasteiger partial charge in [-0.3, -0.25) is 0 Å². The minimum atomic E-state index is -3.45. The Morgan fingerprint density at radius 2 is 1.81 bits per heavy atom. The summed E-state index contributed by atoms with van der Waals surface area (Å²) < 4.78 is 28.4. The lowest BCUT2D eigenvalue weighted by atomic mass is 10.2. The smallest absolute Gasteiger partial charge is 0.254 e. The molecule has 3 aromatic rings. The van der Waals surface area contributed by atoms with Crippen LogP contribution in [-0.2, 0) is 10.0 Å². The summed E-state index contributed by atoms with van der Waals surface area (Å²) in [6, 6.07) is 11.4. The number of hydrogen-bond acceptors (Lipinski definition) is 6. The lowest BCUT2D eigenvalue weighted by molar-refractivity contribution is 0.388. The van der Waals surface area contributed by atoms with Gasteiger partial charge in [0.15, 0.2) is 0 Å². The molecule has 1 aromatic carbocycles. The van der Waals surface area contributed by atoms with Crippen LogP contribution in [0.4, 0.5) is 5.82 Å². The summed E-state index contributed by atoms with van der Waals surface area (Å²) in [7, 11) is -3.45. The van der Waals surface area contributed by atoms with E-state index in [2.05, 4.69) is 20.0 Å². The average molecular weight is 384 g/mol. The van der Waals surface area contributed by atoms with Crippen molar-refractivity contribution in [1.29, 1.82) is 0 Å². The summed E-state index contributed by atoms with van der Waals surface area (Å²) in [4.78, 5) is 10.6. The minimum absolute atomic E-state index is 0.416. The van der Waals surface area contributed by atoms with Crippen LogP contribution in [0.1, 0.15) is 11.3 Å². The molecule has 0 spiro atoms. The van der Waals surface area contributed by atoms with Crippen molar-refractivity contribution in [1.82, 2.24) is 23.9 Å². The second kappa shape index (κ2) is 7.09. The van der Waals surface area contributed by atoms with E-state index in [1.165, 1.54) is 16.0 Å². The molecule has 9 heteroatoms. The van der Waals surface area contributed by atoms with Crippen molar-refractivity contribution in [2.24, 2.45) is 0 Å². The standard InChI is InChI=1S/C18H20N6O2S/c1-15-13-17(24-18(21-15)19-14-20-24)22-8-10-23(11-9-22)27(25,26)12-7-16-5-3-2-4-6-16/h2-7,12-14H,8-11H2,1H3. The molecule has 4 rings (SSSR count). The first-order chi connectivity index (χ1) is 13.0. The van der Waals surface area contributed by atoms with Crippen molar-refractivity contribution in [3.63, 3.8) is 0 Å². The molecule has 1 fully saturated rings. The summed E-state index contributed by atoms with van der Waals surface area (Å²) >= 11 is 0. The molecule has 0 bridgehead atoms. The van der Waals surface area contributed by atoms with Gasteiger partial charge in [-0.05, 0) is 18.6 Å². The molecule has 1 aliphatic rings. The maximum Gasteiger partial charge on any atom is 0.254 e. The first kappa shape index (κ1) is 17.6. The minimum Gasteiger partial charge on any atom is -0.354 e. The number of fused-ring (bicyclic) bond motifs is 1. The van der Waals surface area contributed by atoms with E-state index in [0.29, 0.717) is 32.0 Å². The van der Waals surface area contributed by atoms with Crippen LogP contribution in [0.15, 0.2) is 48.1 Å². The van der Waals surface area contributed by atoms with E-state index in [0.717, 1.165) is 17.1 Å². The Morgan fingerprint density at radius 1 is 1.07 bits per heavy atom. The molecule has 27 heavy (non-hydrogen) atoms. The molecular weight excluding hydrogens is 364 g/mol. The van der Waals surface area contributed by atoms with Gasteiger partial charge in [0.1, 0.15) is 12.1 Å². The maximum atomic E-state index is 12.6. The van der Waals surface area contributed by atoms with Crippen LogP contribution in [0.2, 0.25) is 0 Å². The Morgan fingerprint density at radius 3 is 2.56 bits per heavy atom. The van der Waals surface area contributed by atoms with Gasteiger partial charge in [0.25, 0.3) is 5.78 Å². The highest BCUT2D eigenvalue weighted by molar-refractivity contribution is 7.92. The van der Waals surface area contributed by atoms with Gasteiger partial charge in [-0.25, -0.2) is 13.4 Å². The highest BCUT2D eigenvalue weighted by atomic mass is 32.2. The van der Waals surface area contributed by atoms with Gasteiger partial charge in [0, 0.05) is 43.3 Å². The third-order valence-electron chi connectivity index (χ3n) is 4.52. The number of nitrogens with zero attached hydrogens (tertiary/aromatic N) is 6. The van der Waals surface area contributed by atoms with Gasteiger partial charge in [0.05, 0.1) is 0 Å². The monoisotopic (exact) mass is 384 g/mol. The third-order valence-corrected chi connectivity index (χ3v) is 6.08. The highest BCUT2D eigenvalue weighted by Gasteiger charge is 2.26. The maximum absolute atomic E-state index is 12.6. The molecule has 0 saturated carbocycles. The van der Waals surface area contributed by atoms with E-state index in [9.17, 15) is 8.42 Å². The van der Waals surface area contributed by atoms with Crippen LogP contribution >= 0.6 is 0 Å². The van der Waals surface area contributed by atoms with Crippen LogP contribution in [0.3, 0.4) is 0 Å². The van der Waals surface area contributed by atoms with Crippen LogP contribution in [0.5, 0.6) is 0 Å². The number of benzene rings is 1. The van der Waals surface area contributed by atoms with Crippen molar-refractivity contribution in [3.05, 3.63) is 59.4 Å². The largest absolute Gasteiger partial charge is 0.354 e. The zero-order chi connectivity index (χ0) is 18.9. The fraction of sp³-hybridized carbons (Fsp3) is 0.278. The summed E-state index contributed by atoms with van der Waals surface area (Å²) in [5.41, 5.74) is 1.71. The normalized spacial score (nSPS) is 16.4. The Labute approximate surface area is 157 Å². The Kier molecular flexibility index (Phi) is 4.63. The van der Waals surface area contributed by atoms with Gasteiger partial charge in [0.2, 0.25) is 10.0 Å². The number of rotatable bonds is 4. The predicted molar refractivity (Wildman–Crippen MR) is 104 cm³/mol. The lowest BCUT2D eigenvalue weighted by Crippen LogP contribution is -2.48. The Bertz CT molecular complexity index is 1070. The van der Waals surface area contributed by atoms with E-state index in [1.807, 2.05) is 43.3 Å². The van der Waals surface area contributed by atoms with E-state index in [-0.39, 0.29) is 0 Å². The first-order valence-corrected chi connectivity index (χ1v) is 10.2. The Balaban J connectivity index is 1.48. The number of aryl methyl sites for hydroxylation is 1. The van der Waals surface area contributed by atoms with Crippen LogP contribution < -0.4 is 4.90 Å². The quantitative estimate of drug-likeness (QED) is 0.679. The fourth-order valence-corrected chi connectivity index (χ4v) is 4.30. The van der Waals surface area contributed by atoms with Gasteiger partial charge in [-0.15, -0.1) is 0 Å². The first-order valence-electron chi connectivity index (χ1n) is 8.68. The topological polar surface area (TPSA) is 83.7 Å². The average Bonchev–Trinajstić information content (AvgIpc) is 3.15. The van der Waals surface area contributed by atoms with Gasteiger partial charge in [-0.1, -0.05) is 30.3 Å². The van der Waals surface area contributed by atoms with E-state index in [1.54, 1.807) is 10.6 Å². The molecular formula is C18H20N6O2S. The SMILES string of the molecule is Cc1cc(N2CCN(S(=O)(=O)C=Cc3ccccc3)CC2)n2ncnc2n1. The van der Waals surface area contributed by atoms with Crippen LogP contribution in [-0.4, -0.2) is 58.5 Å². The highest BCUT2D eigenvalue weighted by Crippen LogP contribution is 2.19. The zero-order valence-corrected chi connectivity index (χ0v) is 15.7. The second-order valence-corrected chi connectivity index (χ2v) is 8.19. The van der Waals surface area contributed by atoms with Gasteiger partial charge < -0.3 is 4.90 Å². The molecule has 0 amide bonds. The lowest BCUT2D eigenvalue weighted by Gasteiger charge is -2.34. The molecule has 2 aromatic heterocycles. The molecule has 0 N–H and O–H groups in total. The van der Waals surface area contributed by atoms with Crippen LogP contribution in [0, 0.1) is 6.92 Å². The molecule has 8 nitrogen and oxygen atoms in total. The predicted octanol–water partition coefficient (Wildman–Crippen LogP) is 1.56. The summed E-state index contributed by atoms with van der Waals surface area (Å²) in [5.74, 6) is 1.43. The molecule has 0 atom stereocenters. The number of piperazine rings is 1. The van der Waals surface area contributed by atoms with Gasteiger partial charge in [-0.2, -0.15) is 18.9 Å². The fourth-order valence-electron chi connectivity index (χ4n) is 3.12. The third kappa shape index (κ3) is 3.69. The number of sulfonamides is 1. The Hall–Kier alpha value is -2.78. The summed E-state index contributed by atoms with van der Waals surface area (Å²) in [5, 5.41) is 5.51. The second-order valence-electron chi connectivity index (χ2n) is 6.37. The van der Waals surface area contributed by atoms with E-state index < -0.39 is 10.0 Å². The number of hydrogen-bond donors (Lipinski definition) is 0. The number of aromatic nitrogens is 4. The molecule has 0 radical (unpaired) electrons. The van der Waals surface area contributed by atoms with Crippen molar-refractivity contribution in [2.45, 2.75) is 6.92 Å². The molecule has 1 saturated heterocycles. The molecule has 3 heterocycles. The van der Waals surface area contributed by atoms with Crippen LogP contribution in [0.25, 0.3) is 11.9 Å². The van der Waals surface area contributed by atoms with Crippen molar-refractivity contribution >= 4 is 27.7 Å². The zero-order valence-electron chi connectivity index (χ0n) is 14.9. The van der Waals surface area contributed by atoms with Crippen molar-refractivity contribution < 1.29 is 8.42 Å². The molecule has 1 aliphatic heterocycles. The molecule has 0 unspecified atom stereocenters. The van der Waals surface area contributed by atoms with E-state index in [4.69, 9.17) is 0 Å². The summed E-state index contributed by atoms with van der Waals surface area (Å²) in [6.45, 7) is 3.90. The molecule has 140 valence electrons. The van der Waals surface area contributed by atoms with Crippen molar-refractivity contribution in [2.75, 3.05) is 31.1 Å². The summed E-state index contributed by atoms with van der Waals surface area (Å²) in [6.07, 6.45) is 3.10. The van der Waals surface area contributed by atoms with Gasteiger partial charge >= 0.3 is 0 Å². The van der Waals surface area contributed by atoms with E-state index >= 15 is 0 Å². The van der Waals surface area contributed by atoms with Crippen molar-refractivity contribution in [3.8, 4) is 0 Å². The molecule has 0 aliphatic carbocycles. The number of anilines is 1.